The van der Waals surface area contributed by atoms with Crippen molar-refractivity contribution in [3.63, 3.8) is 0 Å². The number of amides is 4. The molecule has 180 valence electrons. The van der Waals surface area contributed by atoms with Crippen molar-refractivity contribution in [1.82, 2.24) is 16.0 Å². The zero-order valence-corrected chi connectivity index (χ0v) is 21.0. The molecular weight excluding hydrogens is 529 g/mol. The first-order valence-corrected chi connectivity index (χ1v) is 13.5. The van der Waals surface area contributed by atoms with Crippen LogP contribution in [0, 0.1) is 5.92 Å². The van der Waals surface area contributed by atoms with Crippen molar-refractivity contribution in [3.05, 3.63) is 29.8 Å². The van der Waals surface area contributed by atoms with Crippen LogP contribution in [-0.4, -0.2) is 52.4 Å². The van der Waals surface area contributed by atoms with Gasteiger partial charge in [0.2, 0.25) is 0 Å². The predicted octanol–water partition coefficient (Wildman–Crippen LogP) is -1.84. The summed E-state index contributed by atoms with van der Waals surface area (Å²) in [6, 6.07) is 5.06. The Bertz CT molecular complexity index is 772. The number of benzene rings is 1. The summed E-state index contributed by atoms with van der Waals surface area (Å²) in [4.78, 5) is 49.5. The Morgan fingerprint density at radius 1 is 1.09 bits per heavy atom. The van der Waals surface area contributed by atoms with E-state index in [0.29, 0.717) is 25.1 Å². The fourth-order valence-corrected chi connectivity index (χ4v) is 3.39. The van der Waals surface area contributed by atoms with Crippen LogP contribution in [0.1, 0.15) is 32.3 Å². The van der Waals surface area contributed by atoms with E-state index in [9.17, 15) is 19.2 Å². The number of hydrogen-bond acceptors (Lipinski definition) is 6. The molecule has 0 spiro atoms. The van der Waals surface area contributed by atoms with Gasteiger partial charge in [-0.2, -0.15) is 0 Å². The molecule has 4 amide bonds. The van der Waals surface area contributed by atoms with Gasteiger partial charge >= 0.3 is 134 Å². The van der Waals surface area contributed by atoms with E-state index < -0.39 is 39.3 Å². The van der Waals surface area contributed by atoms with E-state index in [-0.39, 0.29) is 28.3 Å². The molecule has 0 saturated heterocycles. The smallest absolute Gasteiger partial charge is 0.0226 e. The topological polar surface area (TPSA) is 152 Å². The third kappa shape index (κ3) is 10.3. The number of rotatable bonds is 13. The first-order chi connectivity index (χ1) is 15.2. The van der Waals surface area contributed by atoms with Gasteiger partial charge in [0.25, 0.3) is 0 Å². The van der Waals surface area contributed by atoms with E-state index in [1.165, 1.54) is 0 Å². The second-order valence-electron chi connectivity index (χ2n) is 7.41. The Balaban J connectivity index is 2.79. The van der Waals surface area contributed by atoms with Crippen LogP contribution in [0.3, 0.4) is 0 Å². The van der Waals surface area contributed by atoms with Crippen LogP contribution in [0.25, 0.3) is 0 Å². The van der Waals surface area contributed by atoms with E-state index >= 15 is 0 Å². The molecule has 0 saturated carbocycles. The number of ether oxygens (including phenoxy) is 1. The van der Waals surface area contributed by atoms with Crippen LogP contribution < -0.4 is 48.2 Å². The normalized spacial score (nSPS) is 12.7. The molecule has 32 heavy (non-hydrogen) atoms. The first kappa shape index (κ1) is 27.6. The summed E-state index contributed by atoms with van der Waals surface area (Å²) in [5.41, 5.74) is 6.43. The van der Waals surface area contributed by atoms with Crippen molar-refractivity contribution in [1.29, 1.82) is 0 Å². The maximum atomic E-state index is 12.9. The van der Waals surface area contributed by atoms with E-state index in [4.69, 9.17) is 10.5 Å². The molecule has 0 aliphatic heterocycles. The van der Waals surface area contributed by atoms with Crippen molar-refractivity contribution < 1.29 is 45.1 Å². The molecule has 1 aromatic rings. The summed E-state index contributed by atoms with van der Waals surface area (Å²) < 4.78 is 4.96. The number of primary amides is 1. The van der Waals surface area contributed by atoms with E-state index in [0.717, 1.165) is 5.56 Å². The van der Waals surface area contributed by atoms with E-state index in [1.807, 2.05) is 18.8 Å². The molecule has 2 atom stereocenters. The molecule has 1 aromatic carbocycles. The van der Waals surface area contributed by atoms with Crippen molar-refractivity contribution in [2.24, 2.45) is 11.7 Å². The van der Waals surface area contributed by atoms with E-state index in [2.05, 4.69) is 21.3 Å². The number of carbonyl (C=O) groups excluding carboxylic acids is 4. The molecule has 0 unspecified atom stereocenters. The molecule has 6 N–H and O–H groups in total. The van der Waals surface area contributed by atoms with Gasteiger partial charge in [0, 0.05) is 6.54 Å². The Labute approximate surface area is 199 Å². The molecule has 11 heteroatoms. The summed E-state index contributed by atoms with van der Waals surface area (Å²) in [5, 5.41) is 11.0. The number of anilines is 1. The summed E-state index contributed by atoms with van der Waals surface area (Å²) in [6.07, 6.45) is 0.776. The molecule has 1 rings (SSSR count). The van der Waals surface area contributed by atoms with Crippen molar-refractivity contribution >= 4 is 27.5 Å². The molecule has 0 aliphatic carbocycles. The molecule has 0 heterocycles. The number of nitrogens with one attached hydrogen (secondary N) is 4. The first-order valence-electron chi connectivity index (χ1n) is 10.2. The Kier molecular flexibility index (Phi) is 12.6. The van der Waals surface area contributed by atoms with Gasteiger partial charge in [0.15, 0.2) is 0 Å². The third-order valence-electron chi connectivity index (χ3n) is 4.59. The number of likely N-dealkylation sites (N-methyl/N-ethyl adjacent to an activating group) is 1. The maximum absolute atomic E-state index is 12.9. The van der Waals surface area contributed by atoms with Crippen molar-refractivity contribution in [2.75, 3.05) is 23.8 Å². The summed E-state index contributed by atoms with van der Waals surface area (Å²) in [6.45, 7) is 4.30. The average molecular weight is 562 g/mol. The van der Waals surface area contributed by atoms with Gasteiger partial charge in [0.05, 0.1) is 6.04 Å². The molecule has 0 bridgehead atoms. The summed E-state index contributed by atoms with van der Waals surface area (Å²) in [7, 11) is 1.69. The van der Waals surface area contributed by atoms with Crippen LogP contribution in [0.15, 0.2) is 24.3 Å². The monoisotopic (exact) mass is 562 g/mol. The Morgan fingerprint density at radius 2 is 1.75 bits per heavy atom. The number of hydrogen-bond donors (Lipinski definition) is 5. The SMILES string of the molecule is CN[C@H](C(=O)N[C@@H](CCCNC(N)=O)C(=O)Nc1ccc(COC(=O)[I-]C)cc1)C(C)C. The van der Waals surface area contributed by atoms with Crippen LogP contribution in [0.2, 0.25) is 0 Å². The number of halogens is 1. The van der Waals surface area contributed by atoms with Gasteiger partial charge in [0.1, 0.15) is 0 Å². The second kappa shape index (κ2) is 14.6. The van der Waals surface area contributed by atoms with Crippen LogP contribution >= 0.6 is 0 Å². The third-order valence-corrected chi connectivity index (χ3v) is 5.78. The van der Waals surface area contributed by atoms with Gasteiger partial charge in [-0.05, 0) is 13.0 Å². The minimum atomic E-state index is -0.791. The fraction of sp³-hybridized carbons (Fsp3) is 0.524. The quantitative estimate of drug-likeness (QED) is 0.0825. The van der Waals surface area contributed by atoms with Crippen molar-refractivity contribution in [3.8, 4) is 0 Å². The van der Waals surface area contributed by atoms with Gasteiger partial charge in [-0.1, -0.05) is 13.8 Å². The summed E-state index contributed by atoms with van der Waals surface area (Å²) in [5.74, 6) is -0.607. The van der Waals surface area contributed by atoms with Gasteiger partial charge < -0.3 is 16.4 Å². The average Bonchev–Trinajstić information content (AvgIpc) is 2.75. The van der Waals surface area contributed by atoms with Crippen LogP contribution in [0.4, 0.5) is 15.3 Å². The van der Waals surface area contributed by atoms with E-state index in [1.54, 1.807) is 31.3 Å². The van der Waals surface area contributed by atoms with Crippen LogP contribution in [0.5, 0.6) is 0 Å². The minimum Gasteiger partial charge on any atom is -0.0608 e. The number of alkyl halides is 1. The molecule has 10 nitrogen and oxygen atoms in total. The fourth-order valence-electron chi connectivity index (χ4n) is 2.92. The molecule has 0 aromatic heterocycles. The second-order valence-corrected chi connectivity index (χ2v) is 9.37. The summed E-state index contributed by atoms with van der Waals surface area (Å²) >= 11 is -0.596. The molecular formula is C21H33IN5O5-. The van der Waals surface area contributed by atoms with Crippen molar-refractivity contribution in [2.45, 2.75) is 45.4 Å². The largest absolute Gasteiger partial charge is 0.0608 e. The molecule has 0 aliphatic rings. The standard InChI is InChI=1S/C21H33IN5O5/c1-13(2)17(24-4)19(29)27-16(6-5-11-25-21(23)31)18(28)26-15-9-7-14(8-10-15)12-32-20(30)22-3/h7-10,13,16-17,24H,5-6,11-12H2,1-4H3,(H,26,28)(H,27,29)(H3,23,25,31)/q-1/t16-,17-/m0/s1. The predicted molar refractivity (Wildman–Crippen MR) is 118 cm³/mol. The van der Waals surface area contributed by atoms with Gasteiger partial charge in [-0.25, -0.2) is 4.79 Å². The number of nitrogens with two attached hydrogens (primary N) is 1. The minimum absolute atomic E-state index is 0.0386. The molecule has 0 radical (unpaired) electrons. The van der Waals surface area contributed by atoms with Crippen LogP contribution in [-0.2, 0) is 20.9 Å². The number of urea groups is 1. The zero-order valence-electron chi connectivity index (χ0n) is 18.9. The van der Waals surface area contributed by atoms with Gasteiger partial charge in [-0.15, -0.1) is 0 Å². The zero-order chi connectivity index (χ0) is 24.1. The maximum Gasteiger partial charge on any atom is -0.0226 e. The Hall–Kier alpha value is -2.41. The van der Waals surface area contributed by atoms with Gasteiger partial charge in [-0.3, -0.25) is 4.79 Å². The Morgan fingerprint density at radius 3 is 2.28 bits per heavy atom. The number of carbonyl (C=O) groups is 4. The molecule has 0 fully saturated rings.